The number of hydrogen-bond acceptors (Lipinski definition) is 4. The summed E-state index contributed by atoms with van der Waals surface area (Å²) in [6, 6.07) is 5.66. The van der Waals surface area contributed by atoms with Gasteiger partial charge >= 0.3 is 5.97 Å². The van der Waals surface area contributed by atoms with E-state index in [0.29, 0.717) is 12.2 Å². The van der Waals surface area contributed by atoms with Crippen molar-refractivity contribution in [3.05, 3.63) is 41.5 Å². The number of nitrogens with one attached hydrogen (secondary N) is 2. The molecule has 27 heavy (non-hydrogen) atoms. The summed E-state index contributed by atoms with van der Waals surface area (Å²) in [5.74, 6) is -3.04. The highest BCUT2D eigenvalue weighted by molar-refractivity contribution is 5.89. The van der Waals surface area contributed by atoms with Crippen LogP contribution in [0, 0.1) is 37.5 Å². The van der Waals surface area contributed by atoms with Crippen LogP contribution >= 0.6 is 0 Å². The molecule has 2 aliphatic rings. The molecular formula is C20H24N2O5. The minimum Gasteiger partial charge on any atom is -0.481 e. The third kappa shape index (κ3) is 3.97. The second-order valence-electron chi connectivity index (χ2n) is 7.40. The highest BCUT2D eigenvalue weighted by Gasteiger charge is 2.51. The summed E-state index contributed by atoms with van der Waals surface area (Å²) in [6.45, 7) is 5.46. The van der Waals surface area contributed by atoms with Crippen molar-refractivity contribution in [1.82, 2.24) is 10.9 Å². The third-order valence-electron chi connectivity index (χ3n) is 5.23. The molecule has 3 N–H and O–H groups in total. The number of benzene rings is 1. The highest BCUT2D eigenvalue weighted by atomic mass is 16.5. The molecule has 7 nitrogen and oxygen atoms in total. The molecule has 2 amide bonds. The van der Waals surface area contributed by atoms with Gasteiger partial charge in [-0.2, -0.15) is 0 Å². The van der Waals surface area contributed by atoms with E-state index in [9.17, 15) is 19.5 Å². The second kappa shape index (κ2) is 7.42. The van der Waals surface area contributed by atoms with Gasteiger partial charge in [-0.25, -0.2) is 0 Å². The van der Waals surface area contributed by atoms with Gasteiger partial charge in [-0.1, -0.05) is 18.2 Å². The first kappa shape index (κ1) is 18.9. The van der Waals surface area contributed by atoms with Gasteiger partial charge in [0, 0.05) is 0 Å². The van der Waals surface area contributed by atoms with Crippen LogP contribution in [0.5, 0.6) is 5.75 Å². The number of aryl methyl sites for hydroxylation is 2. The molecule has 2 bridgehead atoms. The van der Waals surface area contributed by atoms with Gasteiger partial charge in [-0.15, -0.1) is 0 Å². The zero-order valence-electron chi connectivity index (χ0n) is 15.6. The van der Waals surface area contributed by atoms with Crippen LogP contribution in [0.3, 0.4) is 0 Å². The molecule has 0 radical (unpaired) electrons. The lowest BCUT2D eigenvalue weighted by atomic mass is 9.82. The monoisotopic (exact) mass is 372 g/mol. The van der Waals surface area contributed by atoms with Gasteiger partial charge in [0.1, 0.15) is 5.75 Å². The lowest BCUT2D eigenvalue weighted by Gasteiger charge is -2.24. The largest absolute Gasteiger partial charge is 0.481 e. The van der Waals surface area contributed by atoms with Crippen LogP contribution in [0.25, 0.3) is 0 Å². The molecule has 3 rings (SSSR count). The Bertz CT molecular complexity index is 783. The lowest BCUT2D eigenvalue weighted by Crippen LogP contribution is -2.51. The number of hydrazine groups is 1. The maximum absolute atomic E-state index is 12.5. The molecule has 1 fully saturated rings. The average Bonchev–Trinajstić information content (AvgIpc) is 3.19. The minimum atomic E-state index is -0.982. The standard InChI is InChI=1S/C20H24N2O5/c1-10-6-11(2)8-15(7-10)27-12(3)18(23)21-22-19(24)16-13-4-5-14(9-13)17(16)20(25)26/h4-8,12-14,16-17H,9H2,1-3H3,(H,21,23)(H,22,24)(H,25,26)/t12-,13-,14-,16-,17-/m0/s1. The minimum absolute atomic E-state index is 0.100. The Morgan fingerprint density at radius 3 is 2.22 bits per heavy atom. The number of carboxylic acids is 1. The van der Waals surface area contributed by atoms with Crippen LogP contribution < -0.4 is 15.6 Å². The van der Waals surface area contributed by atoms with E-state index in [-0.39, 0.29) is 11.8 Å². The molecule has 1 aromatic carbocycles. The Hall–Kier alpha value is -2.83. The molecule has 1 saturated carbocycles. The Labute approximate surface area is 157 Å². The van der Waals surface area contributed by atoms with Crippen LogP contribution in [0.4, 0.5) is 0 Å². The van der Waals surface area contributed by atoms with Gasteiger partial charge in [0.15, 0.2) is 6.10 Å². The fourth-order valence-electron chi connectivity index (χ4n) is 4.08. The zero-order chi connectivity index (χ0) is 19.7. The molecule has 1 aromatic rings. The number of rotatable bonds is 5. The first-order chi connectivity index (χ1) is 12.8. The SMILES string of the molecule is Cc1cc(C)cc(O[C@@H](C)C(=O)NNC(=O)[C@@H]2[C@@H](C(=O)O)[C@H]3C=C[C@H]2C3)c1. The molecule has 144 valence electrons. The molecule has 2 aliphatic carbocycles. The topological polar surface area (TPSA) is 105 Å². The van der Waals surface area contributed by atoms with Crippen LogP contribution in [-0.4, -0.2) is 29.0 Å². The van der Waals surface area contributed by atoms with Gasteiger partial charge in [0.2, 0.25) is 5.91 Å². The Kier molecular flexibility index (Phi) is 5.21. The summed E-state index contributed by atoms with van der Waals surface area (Å²) in [6.07, 6.45) is 3.60. The molecule has 0 aliphatic heterocycles. The summed E-state index contributed by atoms with van der Waals surface area (Å²) >= 11 is 0. The molecule has 0 unspecified atom stereocenters. The van der Waals surface area contributed by atoms with Crippen molar-refractivity contribution in [2.45, 2.75) is 33.3 Å². The summed E-state index contributed by atoms with van der Waals surface area (Å²) in [5.41, 5.74) is 6.76. The average molecular weight is 372 g/mol. The van der Waals surface area contributed by atoms with Crippen molar-refractivity contribution in [2.75, 3.05) is 0 Å². The van der Waals surface area contributed by atoms with Crippen molar-refractivity contribution < 1.29 is 24.2 Å². The summed E-state index contributed by atoms with van der Waals surface area (Å²) < 4.78 is 5.64. The van der Waals surface area contributed by atoms with Crippen LogP contribution in [0.2, 0.25) is 0 Å². The maximum atomic E-state index is 12.5. The van der Waals surface area contributed by atoms with Crippen molar-refractivity contribution in [3.63, 3.8) is 0 Å². The van der Waals surface area contributed by atoms with Gasteiger partial charge in [-0.05, 0) is 62.3 Å². The quantitative estimate of drug-likeness (QED) is 0.539. The Morgan fingerprint density at radius 1 is 1.04 bits per heavy atom. The number of carbonyl (C=O) groups is 3. The maximum Gasteiger partial charge on any atom is 0.307 e. The fraction of sp³-hybridized carbons (Fsp3) is 0.450. The molecule has 0 saturated heterocycles. The van der Waals surface area contributed by atoms with E-state index in [0.717, 1.165) is 11.1 Å². The van der Waals surface area contributed by atoms with Gasteiger partial charge in [0.25, 0.3) is 5.91 Å². The van der Waals surface area contributed by atoms with E-state index < -0.39 is 35.7 Å². The number of fused-ring (bicyclic) bond motifs is 2. The lowest BCUT2D eigenvalue weighted by molar-refractivity contribution is -0.148. The zero-order valence-corrected chi connectivity index (χ0v) is 15.6. The number of carboxylic acid groups (broad SMARTS) is 1. The van der Waals surface area contributed by atoms with E-state index in [1.807, 2.05) is 44.2 Å². The van der Waals surface area contributed by atoms with Crippen LogP contribution in [0.1, 0.15) is 24.5 Å². The molecule has 5 atom stereocenters. The van der Waals surface area contributed by atoms with Gasteiger partial charge in [0.05, 0.1) is 11.8 Å². The highest BCUT2D eigenvalue weighted by Crippen LogP contribution is 2.48. The Balaban J connectivity index is 1.56. The fourth-order valence-corrected chi connectivity index (χ4v) is 4.08. The summed E-state index contributed by atoms with van der Waals surface area (Å²) in [5, 5.41) is 9.41. The van der Waals surface area contributed by atoms with E-state index in [1.54, 1.807) is 6.92 Å². The summed E-state index contributed by atoms with van der Waals surface area (Å²) in [4.78, 5) is 36.2. The molecule has 0 spiro atoms. The number of amides is 2. The predicted molar refractivity (Wildman–Crippen MR) is 97.6 cm³/mol. The number of allylic oxidation sites excluding steroid dienone is 2. The second-order valence-corrected chi connectivity index (χ2v) is 7.40. The first-order valence-electron chi connectivity index (χ1n) is 9.02. The number of carbonyl (C=O) groups excluding carboxylic acids is 2. The van der Waals surface area contributed by atoms with E-state index >= 15 is 0 Å². The van der Waals surface area contributed by atoms with Crippen molar-refractivity contribution >= 4 is 17.8 Å². The van der Waals surface area contributed by atoms with E-state index in [2.05, 4.69) is 10.9 Å². The number of hydrogen-bond donors (Lipinski definition) is 3. The van der Waals surface area contributed by atoms with Gasteiger partial charge in [-0.3, -0.25) is 25.2 Å². The van der Waals surface area contributed by atoms with Crippen LogP contribution in [0.15, 0.2) is 30.4 Å². The van der Waals surface area contributed by atoms with Crippen LogP contribution in [-0.2, 0) is 14.4 Å². The molecule has 7 heteroatoms. The smallest absolute Gasteiger partial charge is 0.307 e. The molecule has 0 heterocycles. The van der Waals surface area contributed by atoms with Gasteiger partial charge < -0.3 is 9.84 Å². The first-order valence-corrected chi connectivity index (χ1v) is 9.02. The number of ether oxygens (including phenoxy) is 1. The van der Waals surface area contributed by atoms with Crippen molar-refractivity contribution in [3.8, 4) is 5.75 Å². The summed E-state index contributed by atoms with van der Waals surface area (Å²) in [7, 11) is 0. The van der Waals surface area contributed by atoms with E-state index in [4.69, 9.17) is 4.74 Å². The predicted octanol–water partition coefficient (Wildman–Crippen LogP) is 1.74. The molecular weight excluding hydrogens is 348 g/mol. The normalized spacial score (nSPS) is 26.5. The van der Waals surface area contributed by atoms with Crippen molar-refractivity contribution in [2.24, 2.45) is 23.7 Å². The third-order valence-corrected chi connectivity index (χ3v) is 5.23. The number of aliphatic carboxylic acids is 1. The Morgan fingerprint density at radius 2 is 1.63 bits per heavy atom. The van der Waals surface area contributed by atoms with E-state index in [1.165, 1.54) is 0 Å². The van der Waals surface area contributed by atoms with Crippen molar-refractivity contribution in [1.29, 1.82) is 0 Å². The molecule has 0 aromatic heterocycles.